The molecule has 0 bridgehead atoms. The number of carbonyl (C=O) groups is 1. The normalized spacial score (nSPS) is 13.8. The summed E-state index contributed by atoms with van der Waals surface area (Å²) in [6.07, 6.45) is 0.300. The standard InChI is InChI=1S/C11H14N2O3.ClH/c1-7(12)4-11(14)13-8-2-3-9-10(5-8)16-6-15-9;/h2-3,5,7H,4,6,12H2,1H3,(H,13,14);1H. The van der Waals surface area contributed by atoms with Crippen LogP contribution in [-0.2, 0) is 4.79 Å². The highest BCUT2D eigenvalue weighted by Crippen LogP contribution is 2.34. The molecular weight excluding hydrogens is 244 g/mol. The SMILES string of the molecule is CC(N)CC(=O)Nc1ccc2c(c1)OCO2.Cl. The summed E-state index contributed by atoms with van der Waals surface area (Å²) in [5, 5.41) is 2.75. The van der Waals surface area contributed by atoms with Crippen molar-refractivity contribution >= 4 is 24.0 Å². The topological polar surface area (TPSA) is 73.6 Å². The summed E-state index contributed by atoms with van der Waals surface area (Å²) in [5.41, 5.74) is 6.22. The van der Waals surface area contributed by atoms with Gasteiger partial charge in [0.2, 0.25) is 12.7 Å². The van der Waals surface area contributed by atoms with E-state index in [1.807, 2.05) is 0 Å². The molecular formula is C11H15ClN2O3. The van der Waals surface area contributed by atoms with Crippen LogP contribution in [-0.4, -0.2) is 18.7 Å². The average Bonchev–Trinajstić information content (AvgIpc) is 2.63. The Labute approximate surface area is 106 Å². The van der Waals surface area contributed by atoms with E-state index < -0.39 is 0 Å². The first-order valence-corrected chi connectivity index (χ1v) is 5.10. The molecule has 0 radical (unpaired) electrons. The Morgan fingerprint density at radius 2 is 2.18 bits per heavy atom. The van der Waals surface area contributed by atoms with Crippen LogP contribution in [0.2, 0.25) is 0 Å². The van der Waals surface area contributed by atoms with Gasteiger partial charge in [0.15, 0.2) is 11.5 Å². The molecule has 0 aromatic heterocycles. The van der Waals surface area contributed by atoms with Crippen molar-refractivity contribution in [1.29, 1.82) is 0 Å². The smallest absolute Gasteiger partial charge is 0.231 e. The minimum Gasteiger partial charge on any atom is -0.454 e. The highest BCUT2D eigenvalue weighted by Gasteiger charge is 2.14. The van der Waals surface area contributed by atoms with Gasteiger partial charge in [0.05, 0.1) is 0 Å². The number of anilines is 1. The van der Waals surface area contributed by atoms with Gasteiger partial charge in [-0.2, -0.15) is 0 Å². The van der Waals surface area contributed by atoms with Crippen LogP contribution in [0.5, 0.6) is 11.5 Å². The van der Waals surface area contributed by atoms with E-state index in [0.717, 1.165) is 0 Å². The van der Waals surface area contributed by atoms with Gasteiger partial charge in [0, 0.05) is 24.2 Å². The van der Waals surface area contributed by atoms with Crippen molar-refractivity contribution in [2.45, 2.75) is 19.4 Å². The van der Waals surface area contributed by atoms with Crippen molar-refractivity contribution in [2.24, 2.45) is 5.73 Å². The summed E-state index contributed by atoms with van der Waals surface area (Å²) >= 11 is 0. The summed E-state index contributed by atoms with van der Waals surface area (Å²) in [5.74, 6) is 1.25. The molecule has 1 unspecified atom stereocenters. The Balaban J connectivity index is 0.00000144. The van der Waals surface area contributed by atoms with Crippen molar-refractivity contribution < 1.29 is 14.3 Å². The molecule has 1 aliphatic rings. The van der Waals surface area contributed by atoms with Gasteiger partial charge in [0.25, 0.3) is 0 Å². The van der Waals surface area contributed by atoms with Crippen LogP contribution in [0.4, 0.5) is 5.69 Å². The van der Waals surface area contributed by atoms with Gasteiger partial charge in [-0.1, -0.05) is 0 Å². The van der Waals surface area contributed by atoms with Crippen LogP contribution in [0.3, 0.4) is 0 Å². The van der Waals surface area contributed by atoms with E-state index in [9.17, 15) is 4.79 Å². The van der Waals surface area contributed by atoms with Crippen molar-refractivity contribution in [3.63, 3.8) is 0 Å². The second-order valence-electron chi connectivity index (χ2n) is 3.80. The number of hydrogen-bond donors (Lipinski definition) is 2. The third kappa shape index (κ3) is 3.51. The van der Waals surface area contributed by atoms with Crippen molar-refractivity contribution in [3.8, 4) is 11.5 Å². The summed E-state index contributed by atoms with van der Waals surface area (Å²) in [4.78, 5) is 11.5. The largest absolute Gasteiger partial charge is 0.454 e. The fourth-order valence-corrected chi connectivity index (χ4v) is 1.48. The molecule has 6 heteroatoms. The number of benzene rings is 1. The molecule has 1 atom stereocenters. The molecule has 0 saturated heterocycles. The number of nitrogens with two attached hydrogens (primary N) is 1. The Morgan fingerprint density at radius 3 is 2.88 bits per heavy atom. The van der Waals surface area contributed by atoms with Gasteiger partial charge in [0.1, 0.15) is 0 Å². The molecule has 0 saturated carbocycles. The molecule has 2 rings (SSSR count). The van der Waals surface area contributed by atoms with Crippen LogP contribution < -0.4 is 20.5 Å². The van der Waals surface area contributed by atoms with Crippen molar-refractivity contribution in [2.75, 3.05) is 12.1 Å². The quantitative estimate of drug-likeness (QED) is 0.862. The number of ether oxygens (including phenoxy) is 2. The second kappa shape index (κ2) is 5.75. The lowest BCUT2D eigenvalue weighted by Crippen LogP contribution is -2.23. The van der Waals surface area contributed by atoms with Gasteiger partial charge in [-0.3, -0.25) is 4.79 Å². The monoisotopic (exact) mass is 258 g/mol. The van der Waals surface area contributed by atoms with Gasteiger partial charge < -0.3 is 20.5 Å². The van der Waals surface area contributed by atoms with Crippen LogP contribution >= 0.6 is 12.4 Å². The molecule has 0 fully saturated rings. The molecule has 5 nitrogen and oxygen atoms in total. The molecule has 0 aliphatic carbocycles. The predicted molar refractivity (Wildman–Crippen MR) is 66.7 cm³/mol. The number of hydrogen-bond acceptors (Lipinski definition) is 4. The van der Waals surface area contributed by atoms with E-state index in [4.69, 9.17) is 15.2 Å². The van der Waals surface area contributed by atoms with E-state index in [-0.39, 0.29) is 31.1 Å². The van der Waals surface area contributed by atoms with E-state index in [1.54, 1.807) is 25.1 Å². The first-order chi connectivity index (χ1) is 7.65. The first kappa shape index (κ1) is 13.6. The van der Waals surface area contributed by atoms with Gasteiger partial charge in [-0.15, -0.1) is 12.4 Å². The summed E-state index contributed by atoms with van der Waals surface area (Å²) in [7, 11) is 0. The third-order valence-corrected chi connectivity index (χ3v) is 2.16. The molecule has 1 amide bonds. The number of fused-ring (bicyclic) bond motifs is 1. The van der Waals surface area contributed by atoms with Crippen LogP contribution in [0, 0.1) is 0 Å². The Bertz CT molecular complexity index is 410. The Hall–Kier alpha value is -1.46. The fraction of sp³-hybridized carbons (Fsp3) is 0.364. The van der Waals surface area contributed by atoms with Gasteiger partial charge >= 0.3 is 0 Å². The first-order valence-electron chi connectivity index (χ1n) is 5.10. The maximum atomic E-state index is 11.5. The minimum absolute atomic E-state index is 0. The van der Waals surface area contributed by atoms with Crippen LogP contribution in [0.15, 0.2) is 18.2 Å². The number of carbonyl (C=O) groups excluding carboxylic acids is 1. The number of halogens is 1. The van der Waals surface area contributed by atoms with Crippen molar-refractivity contribution in [1.82, 2.24) is 0 Å². The molecule has 1 aromatic carbocycles. The van der Waals surface area contributed by atoms with E-state index in [1.165, 1.54) is 0 Å². The zero-order valence-corrected chi connectivity index (χ0v) is 10.3. The maximum Gasteiger partial charge on any atom is 0.231 e. The number of rotatable bonds is 3. The number of amides is 1. The van der Waals surface area contributed by atoms with Crippen LogP contribution in [0.1, 0.15) is 13.3 Å². The van der Waals surface area contributed by atoms with Crippen molar-refractivity contribution in [3.05, 3.63) is 18.2 Å². The van der Waals surface area contributed by atoms with Gasteiger partial charge in [-0.05, 0) is 19.1 Å². The van der Waals surface area contributed by atoms with Crippen LogP contribution in [0.25, 0.3) is 0 Å². The summed E-state index contributed by atoms with van der Waals surface area (Å²) in [6, 6.07) is 5.13. The highest BCUT2D eigenvalue weighted by atomic mass is 35.5. The Morgan fingerprint density at radius 1 is 1.47 bits per heavy atom. The molecule has 1 aromatic rings. The lowest BCUT2D eigenvalue weighted by molar-refractivity contribution is -0.116. The third-order valence-electron chi connectivity index (χ3n) is 2.16. The highest BCUT2D eigenvalue weighted by molar-refractivity contribution is 5.91. The zero-order chi connectivity index (χ0) is 11.5. The lowest BCUT2D eigenvalue weighted by atomic mass is 10.2. The molecule has 1 aliphatic heterocycles. The average molecular weight is 259 g/mol. The summed E-state index contributed by atoms with van der Waals surface area (Å²) < 4.78 is 10.4. The zero-order valence-electron chi connectivity index (χ0n) is 9.43. The molecule has 17 heavy (non-hydrogen) atoms. The predicted octanol–water partition coefficient (Wildman–Crippen LogP) is 1.51. The van der Waals surface area contributed by atoms with Gasteiger partial charge in [-0.25, -0.2) is 0 Å². The fourth-order valence-electron chi connectivity index (χ4n) is 1.48. The second-order valence-corrected chi connectivity index (χ2v) is 3.80. The summed E-state index contributed by atoms with van der Waals surface area (Å²) in [6.45, 7) is 2.02. The molecule has 0 spiro atoms. The lowest BCUT2D eigenvalue weighted by Gasteiger charge is -2.07. The minimum atomic E-state index is -0.144. The maximum absolute atomic E-state index is 11.5. The number of nitrogens with one attached hydrogen (secondary N) is 1. The van der Waals surface area contributed by atoms with E-state index in [0.29, 0.717) is 23.6 Å². The Kier molecular flexibility index (Phi) is 4.60. The van der Waals surface area contributed by atoms with E-state index >= 15 is 0 Å². The molecule has 3 N–H and O–H groups in total. The van der Waals surface area contributed by atoms with E-state index in [2.05, 4.69) is 5.32 Å². The molecule has 94 valence electrons. The molecule has 1 heterocycles.